The van der Waals surface area contributed by atoms with Crippen molar-refractivity contribution in [3.63, 3.8) is 0 Å². The van der Waals surface area contributed by atoms with Crippen LogP contribution in [0.4, 0.5) is 11.4 Å². The molecule has 0 saturated carbocycles. The summed E-state index contributed by atoms with van der Waals surface area (Å²) in [6, 6.07) is 21.3. The van der Waals surface area contributed by atoms with E-state index in [0.29, 0.717) is 11.5 Å². The number of methoxy groups -OCH3 is 1. The zero-order valence-corrected chi connectivity index (χ0v) is 15.2. The number of ether oxygens (including phenoxy) is 2. The molecule has 3 aromatic rings. The van der Waals surface area contributed by atoms with Crippen LogP contribution in [-0.2, 0) is 6.61 Å². The standard InChI is InChI=1S/C21H19N3O4/c1-27-21-12-7-16(14-22-23-18-5-3-2-4-6-18)13-17(21)15-28-20-10-8-19(9-11-20)24(25)26/h2-14,23H,15H2,1H3. The predicted molar refractivity (Wildman–Crippen MR) is 108 cm³/mol. The molecule has 0 spiro atoms. The van der Waals surface area contributed by atoms with Crippen LogP contribution < -0.4 is 14.9 Å². The van der Waals surface area contributed by atoms with E-state index >= 15 is 0 Å². The van der Waals surface area contributed by atoms with E-state index in [2.05, 4.69) is 10.5 Å². The first kappa shape index (κ1) is 18.9. The average molecular weight is 377 g/mol. The number of non-ortho nitro benzene ring substituents is 1. The summed E-state index contributed by atoms with van der Waals surface area (Å²) in [6.45, 7) is 0.259. The minimum absolute atomic E-state index is 0.0223. The Balaban J connectivity index is 1.67. The SMILES string of the molecule is COc1ccc(C=NNc2ccccc2)cc1COc1ccc([N+](=O)[O-])cc1. The lowest BCUT2D eigenvalue weighted by Gasteiger charge is -2.11. The second-order valence-electron chi connectivity index (χ2n) is 5.85. The maximum Gasteiger partial charge on any atom is 0.269 e. The predicted octanol–water partition coefficient (Wildman–Crippen LogP) is 4.63. The molecule has 0 aliphatic rings. The van der Waals surface area contributed by atoms with E-state index in [1.807, 2.05) is 48.5 Å². The van der Waals surface area contributed by atoms with Crippen molar-refractivity contribution in [3.8, 4) is 11.5 Å². The van der Waals surface area contributed by atoms with Crippen molar-refractivity contribution in [1.82, 2.24) is 0 Å². The van der Waals surface area contributed by atoms with Gasteiger partial charge in [0.25, 0.3) is 5.69 Å². The van der Waals surface area contributed by atoms with Gasteiger partial charge in [0, 0.05) is 17.7 Å². The molecule has 142 valence electrons. The van der Waals surface area contributed by atoms with Crippen molar-refractivity contribution in [1.29, 1.82) is 0 Å². The molecule has 0 radical (unpaired) electrons. The van der Waals surface area contributed by atoms with Gasteiger partial charge in [-0.05, 0) is 48.0 Å². The van der Waals surface area contributed by atoms with Gasteiger partial charge in [0.15, 0.2) is 0 Å². The molecule has 0 aliphatic heterocycles. The van der Waals surface area contributed by atoms with Crippen LogP contribution in [0, 0.1) is 10.1 Å². The molecular weight excluding hydrogens is 358 g/mol. The molecule has 0 bridgehead atoms. The number of para-hydroxylation sites is 1. The molecule has 7 heteroatoms. The number of anilines is 1. The number of nitro benzene ring substituents is 1. The fraction of sp³-hybridized carbons (Fsp3) is 0.0952. The maximum absolute atomic E-state index is 10.7. The first-order valence-electron chi connectivity index (χ1n) is 8.54. The second kappa shape index (κ2) is 9.18. The Labute approximate surface area is 162 Å². The van der Waals surface area contributed by atoms with Crippen LogP contribution in [0.1, 0.15) is 11.1 Å². The molecule has 0 aromatic heterocycles. The Kier molecular flexibility index (Phi) is 6.20. The first-order chi connectivity index (χ1) is 13.7. The van der Waals surface area contributed by atoms with Crippen LogP contribution >= 0.6 is 0 Å². The number of nitro groups is 1. The van der Waals surface area contributed by atoms with Gasteiger partial charge in [-0.1, -0.05) is 18.2 Å². The molecule has 28 heavy (non-hydrogen) atoms. The number of rotatable bonds is 8. The molecule has 7 nitrogen and oxygen atoms in total. The van der Waals surface area contributed by atoms with Crippen LogP contribution in [0.5, 0.6) is 11.5 Å². The highest BCUT2D eigenvalue weighted by atomic mass is 16.6. The first-order valence-corrected chi connectivity index (χ1v) is 8.54. The zero-order valence-electron chi connectivity index (χ0n) is 15.2. The van der Waals surface area contributed by atoms with Crippen molar-refractivity contribution in [3.05, 3.63) is 94.0 Å². The summed E-state index contributed by atoms with van der Waals surface area (Å²) in [6.07, 6.45) is 1.71. The molecular formula is C21H19N3O4. The molecule has 0 saturated heterocycles. The second-order valence-corrected chi connectivity index (χ2v) is 5.85. The third kappa shape index (κ3) is 5.07. The summed E-state index contributed by atoms with van der Waals surface area (Å²) in [5.41, 5.74) is 5.60. The fourth-order valence-electron chi connectivity index (χ4n) is 2.51. The van der Waals surface area contributed by atoms with Gasteiger partial charge in [-0.2, -0.15) is 5.10 Å². The van der Waals surface area contributed by atoms with Crippen molar-refractivity contribution in [2.45, 2.75) is 6.61 Å². The van der Waals surface area contributed by atoms with Gasteiger partial charge < -0.3 is 9.47 Å². The summed E-state index contributed by atoms with van der Waals surface area (Å²) in [4.78, 5) is 10.3. The minimum Gasteiger partial charge on any atom is -0.496 e. The maximum atomic E-state index is 10.7. The van der Waals surface area contributed by atoms with Crippen molar-refractivity contribution < 1.29 is 14.4 Å². The van der Waals surface area contributed by atoms with Gasteiger partial charge in [-0.25, -0.2) is 0 Å². The van der Waals surface area contributed by atoms with Crippen LogP contribution in [0.15, 0.2) is 77.9 Å². The molecule has 3 aromatic carbocycles. The Morgan fingerprint density at radius 1 is 1.07 bits per heavy atom. The quantitative estimate of drug-likeness (QED) is 0.351. The summed E-state index contributed by atoms with van der Waals surface area (Å²) >= 11 is 0. The Hall–Kier alpha value is -3.87. The van der Waals surface area contributed by atoms with E-state index in [-0.39, 0.29) is 12.3 Å². The molecule has 3 rings (SSSR count). The lowest BCUT2D eigenvalue weighted by atomic mass is 10.1. The molecule has 0 atom stereocenters. The van der Waals surface area contributed by atoms with Crippen LogP contribution in [0.2, 0.25) is 0 Å². The molecule has 0 unspecified atom stereocenters. The topological polar surface area (TPSA) is 86.0 Å². The van der Waals surface area contributed by atoms with Crippen LogP contribution in [0.25, 0.3) is 0 Å². The molecule has 0 heterocycles. The lowest BCUT2D eigenvalue weighted by Crippen LogP contribution is -2.00. The van der Waals surface area contributed by atoms with Crippen molar-refractivity contribution >= 4 is 17.6 Å². The summed E-state index contributed by atoms with van der Waals surface area (Å²) < 4.78 is 11.1. The van der Waals surface area contributed by atoms with E-state index in [4.69, 9.17) is 9.47 Å². The lowest BCUT2D eigenvalue weighted by molar-refractivity contribution is -0.384. The highest BCUT2D eigenvalue weighted by molar-refractivity contribution is 5.81. The van der Waals surface area contributed by atoms with Gasteiger partial charge in [0.05, 0.1) is 23.9 Å². The third-order valence-corrected chi connectivity index (χ3v) is 3.93. The average Bonchev–Trinajstić information content (AvgIpc) is 2.73. The van der Waals surface area contributed by atoms with Gasteiger partial charge >= 0.3 is 0 Å². The summed E-state index contributed by atoms with van der Waals surface area (Å²) in [7, 11) is 1.59. The minimum atomic E-state index is -0.445. The van der Waals surface area contributed by atoms with Gasteiger partial charge in [-0.15, -0.1) is 0 Å². The summed E-state index contributed by atoms with van der Waals surface area (Å²) in [5.74, 6) is 1.23. The molecule has 0 fully saturated rings. The van der Waals surface area contributed by atoms with Crippen LogP contribution in [-0.4, -0.2) is 18.2 Å². The highest BCUT2D eigenvalue weighted by Crippen LogP contribution is 2.23. The van der Waals surface area contributed by atoms with E-state index in [0.717, 1.165) is 16.8 Å². The number of hydrogen-bond acceptors (Lipinski definition) is 6. The number of hydrogen-bond donors (Lipinski definition) is 1. The number of hydrazone groups is 1. The van der Waals surface area contributed by atoms with E-state index in [1.54, 1.807) is 25.5 Å². The molecule has 1 N–H and O–H groups in total. The van der Waals surface area contributed by atoms with Gasteiger partial charge in [0.1, 0.15) is 18.1 Å². The van der Waals surface area contributed by atoms with Gasteiger partial charge in [-0.3, -0.25) is 15.5 Å². The van der Waals surface area contributed by atoms with Crippen LogP contribution in [0.3, 0.4) is 0 Å². The number of nitrogens with zero attached hydrogens (tertiary/aromatic N) is 2. The number of benzene rings is 3. The largest absolute Gasteiger partial charge is 0.496 e. The van der Waals surface area contributed by atoms with Gasteiger partial charge in [0.2, 0.25) is 0 Å². The Morgan fingerprint density at radius 2 is 1.82 bits per heavy atom. The monoisotopic (exact) mass is 377 g/mol. The molecule has 0 aliphatic carbocycles. The Bertz CT molecular complexity index is 957. The number of nitrogens with one attached hydrogen (secondary N) is 1. The third-order valence-electron chi connectivity index (χ3n) is 3.93. The smallest absolute Gasteiger partial charge is 0.269 e. The van der Waals surface area contributed by atoms with E-state index < -0.39 is 4.92 Å². The summed E-state index contributed by atoms with van der Waals surface area (Å²) in [5, 5.41) is 15.0. The highest BCUT2D eigenvalue weighted by Gasteiger charge is 2.07. The van der Waals surface area contributed by atoms with Crippen molar-refractivity contribution in [2.24, 2.45) is 5.10 Å². The normalized spacial score (nSPS) is 10.6. The van der Waals surface area contributed by atoms with E-state index in [1.165, 1.54) is 12.1 Å². The van der Waals surface area contributed by atoms with E-state index in [9.17, 15) is 10.1 Å². The molecule has 0 amide bonds. The fourth-order valence-corrected chi connectivity index (χ4v) is 2.51. The zero-order chi connectivity index (χ0) is 19.8. The van der Waals surface area contributed by atoms with Crippen molar-refractivity contribution in [2.75, 3.05) is 12.5 Å². The Morgan fingerprint density at radius 3 is 2.50 bits per heavy atom.